The molecule has 1 aromatic carbocycles. The summed E-state index contributed by atoms with van der Waals surface area (Å²) in [4.78, 5) is 42.2. The fourth-order valence-corrected chi connectivity index (χ4v) is 10.2. The summed E-state index contributed by atoms with van der Waals surface area (Å²) in [5.41, 5.74) is 1.35. The minimum Gasteiger partial charge on any atom is -0.457 e. The number of amides is 3. The van der Waals surface area contributed by atoms with E-state index in [9.17, 15) is 55.2 Å². The fraction of sp³-hybridized carbons (Fsp3) is 0.740. The Bertz CT molecular complexity index is 2050. The van der Waals surface area contributed by atoms with E-state index < -0.39 is 147 Å². The van der Waals surface area contributed by atoms with Crippen LogP contribution in [0.25, 0.3) is 6.08 Å². The third kappa shape index (κ3) is 13.3. The Balaban J connectivity index is 1.06. The molecule has 20 atom stereocenters. The Morgan fingerprint density at radius 3 is 2.18 bits per heavy atom. The van der Waals surface area contributed by atoms with Gasteiger partial charge in [0.25, 0.3) is 5.91 Å². The minimum absolute atomic E-state index is 0.0626. The molecule has 7 rings (SSSR count). The molecule has 6 aliphatic rings. The van der Waals surface area contributed by atoms with Crippen LogP contribution in [0.3, 0.4) is 0 Å². The maximum Gasteiger partial charge on any atom is 0.251 e. The van der Waals surface area contributed by atoms with Gasteiger partial charge in [0.1, 0.15) is 84.7 Å². The van der Waals surface area contributed by atoms with Gasteiger partial charge in [0.15, 0.2) is 18.9 Å². The maximum absolute atomic E-state index is 14.2. The van der Waals surface area contributed by atoms with Crippen molar-refractivity contribution < 1.29 is 97.9 Å². The number of nitrogens with one attached hydrogen (secondary N) is 2. The van der Waals surface area contributed by atoms with Crippen molar-refractivity contribution in [1.29, 1.82) is 0 Å². The fourth-order valence-electron chi connectivity index (χ4n) is 10.2. The van der Waals surface area contributed by atoms with E-state index in [-0.39, 0.29) is 38.5 Å². The highest BCUT2D eigenvalue weighted by Gasteiger charge is 2.53. The monoisotopic (exact) mass is 1040 g/mol. The first kappa shape index (κ1) is 57.0. The molecule has 5 heterocycles. The van der Waals surface area contributed by atoms with Crippen LogP contribution in [-0.4, -0.2) is 220 Å². The van der Waals surface area contributed by atoms with Gasteiger partial charge in [-0.1, -0.05) is 51.5 Å². The molecule has 9 unspecified atom stereocenters. The molecule has 5 fully saturated rings. The molecule has 4 saturated heterocycles. The highest BCUT2D eigenvalue weighted by molar-refractivity contribution is 5.81. The van der Waals surface area contributed by atoms with E-state index in [2.05, 4.69) is 17.2 Å². The second-order valence-corrected chi connectivity index (χ2v) is 19.7. The van der Waals surface area contributed by atoms with Crippen LogP contribution in [0.1, 0.15) is 71.8 Å². The summed E-state index contributed by atoms with van der Waals surface area (Å²) in [6.07, 6.45) is -18.7. The van der Waals surface area contributed by atoms with Crippen LogP contribution >= 0.6 is 0 Å². The molecule has 0 radical (unpaired) electrons. The number of rotatable bonds is 21. The zero-order valence-electron chi connectivity index (χ0n) is 41.8. The highest BCUT2D eigenvalue weighted by Crippen LogP contribution is 2.40. The molecule has 10 N–H and O–H groups in total. The van der Waals surface area contributed by atoms with Crippen molar-refractivity contribution >= 4 is 23.8 Å². The number of ether oxygens (including phenoxy) is 9. The van der Waals surface area contributed by atoms with Crippen molar-refractivity contribution in [3.8, 4) is 5.75 Å². The van der Waals surface area contributed by atoms with Crippen LogP contribution in [0.15, 0.2) is 42.2 Å². The summed E-state index contributed by atoms with van der Waals surface area (Å²) >= 11 is 0. The second-order valence-electron chi connectivity index (χ2n) is 19.7. The Labute approximate surface area is 424 Å². The number of aliphatic hydroxyl groups is 8. The lowest BCUT2D eigenvalue weighted by Gasteiger charge is -2.49. The first-order chi connectivity index (χ1) is 35.0. The molecule has 0 bridgehead atoms. The molecule has 3 amide bonds. The van der Waals surface area contributed by atoms with Gasteiger partial charge in [0.2, 0.25) is 11.8 Å². The molecule has 1 aromatic rings. The second kappa shape index (κ2) is 25.9. The molecule has 1 saturated carbocycles. The van der Waals surface area contributed by atoms with Crippen molar-refractivity contribution in [1.82, 2.24) is 15.5 Å². The van der Waals surface area contributed by atoms with E-state index in [0.29, 0.717) is 49.4 Å². The smallest absolute Gasteiger partial charge is 0.251 e. The number of hydrogen-bond acceptors (Lipinski definition) is 20. The van der Waals surface area contributed by atoms with Gasteiger partial charge in [-0.3, -0.25) is 14.4 Å². The van der Waals surface area contributed by atoms with Crippen LogP contribution in [0.2, 0.25) is 0 Å². The zero-order chi connectivity index (χ0) is 52.7. The average molecular weight is 1040 g/mol. The van der Waals surface area contributed by atoms with E-state index in [0.717, 1.165) is 12.0 Å². The first-order valence-electron chi connectivity index (χ1n) is 25.4. The molecule has 410 valence electrons. The van der Waals surface area contributed by atoms with Crippen LogP contribution in [0, 0.1) is 11.8 Å². The van der Waals surface area contributed by atoms with E-state index >= 15 is 0 Å². The normalized spacial score (nSPS) is 38.0. The van der Waals surface area contributed by atoms with E-state index in [1.807, 2.05) is 38.1 Å². The van der Waals surface area contributed by atoms with Gasteiger partial charge in [0, 0.05) is 43.6 Å². The van der Waals surface area contributed by atoms with Crippen LogP contribution in [0.4, 0.5) is 0 Å². The highest BCUT2D eigenvalue weighted by atomic mass is 16.7. The van der Waals surface area contributed by atoms with Gasteiger partial charge in [-0.2, -0.15) is 0 Å². The predicted molar refractivity (Wildman–Crippen MR) is 253 cm³/mol. The zero-order valence-corrected chi connectivity index (χ0v) is 41.8. The maximum atomic E-state index is 14.2. The largest absolute Gasteiger partial charge is 0.457 e. The number of benzene rings is 1. The van der Waals surface area contributed by atoms with Gasteiger partial charge in [-0.15, -0.1) is 0 Å². The number of hydrogen-bond donors (Lipinski definition) is 10. The molecule has 23 heteroatoms. The molecule has 0 aromatic heterocycles. The Hall–Kier alpha value is -3.73. The number of carbonyl (C=O) groups is 3. The summed E-state index contributed by atoms with van der Waals surface area (Å²) in [6.45, 7) is 9.79. The SMILES string of the molecule is C=C1Oc2ccccc2C=C1COC1C(O)[C@@H](OCCNC(=O)C2CC(CC)[C@@H](O[C@@H]3OC(C)[C@@H](O)[C@H](O)C3O)[C@H](O[C@@H]3O[C@@H](CO)[C@H](O)C(O[C@@H](CCC)C(=O)N4CCC4)C3NC(C)=O)C2)OC(CO)[C@H]1O. The van der Waals surface area contributed by atoms with Crippen molar-refractivity contribution in [2.75, 3.05) is 46.1 Å². The summed E-state index contributed by atoms with van der Waals surface area (Å²) in [5, 5.41) is 92.3. The lowest BCUT2D eigenvalue weighted by molar-refractivity contribution is -0.338. The number of carbonyl (C=O) groups excluding carboxylic acids is 3. The Morgan fingerprint density at radius 2 is 1.52 bits per heavy atom. The molecular weight excluding hydrogens is 963 g/mol. The quantitative estimate of drug-likeness (QED) is 0.0616. The molecule has 23 nitrogen and oxygen atoms in total. The number of fused-ring (bicyclic) bond motifs is 1. The lowest BCUT2D eigenvalue weighted by Crippen LogP contribution is -2.67. The third-order valence-corrected chi connectivity index (χ3v) is 14.6. The van der Waals surface area contributed by atoms with E-state index in [1.165, 1.54) is 13.8 Å². The predicted octanol–water partition coefficient (Wildman–Crippen LogP) is -1.66. The Morgan fingerprint density at radius 1 is 0.822 bits per heavy atom. The molecule has 73 heavy (non-hydrogen) atoms. The molecular formula is C50H75N3O20. The van der Waals surface area contributed by atoms with E-state index in [4.69, 9.17) is 42.6 Å². The van der Waals surface area contributed by atoms with Gasteiger partial charge in [-0.05, 0) is 50.7 Å². The van der Waals surface area contributed by atoms with Crippen LogP contribution in [-0.2, 0) is 52.3 Å². The van der Waals surface area contributed by atoms with Crippen molar-refractivity contribution in [2.24, 2.45) is 11.8 Å². The third-order valence-electron chi connectivity index (χ3n) is 14.6. The van der Waals surface area contributed by atoms with Crippen molar-refractivity contribution in [2.45, 2.75) is 177 Å². The van der Waals surface area contributed by atoms with E-state index in [1.54, 1.807) is 11.0 Å². The van der Waals surface area contributed by atoms with Gasteiger partial charge < -0.3 is 99.0 Å². The molecule has 5 aliphatic heterocycles. The molecule has 0 spiro atoms. The summed E-state index contributed by atoms with van der Waals surface area (Å²) in [5.74, 6) is -1.61. The lowest BCUT2D eigenvalue weighted by atomic mass is 9.75. The number of para-hydroxylation sites is 1. The standard InChI is InChI=1S/C50H75N3O20/c1-6-11-32(47(64)53-15-10-16-53)69-44-36(52-26(5)56)48(71-34(21-54)38(44)58)70-33-20-29(18-27(7-2)43(33)73-50-41(61)40(60)37(57)25(4)68-50)46(63)51-14-17-65-49-42(62)45(39(59)35(22-55)72-49)66-23-30-19-28-12-8-9-13-31(28)67-24(30)3/h8-9,12-13,19,25,27,29,32-45,48-50,54-55,57-62H,3,6-7,10-11,14-18,20-23H2,1-2,4-5H3,(H,51,63)(H,52,56)/t25?,27?,29?,32-,33+,34-,35?,36?,37+,38-,39+,40-,41?,42?,43+,44?,45?,48+,49-,50-/m0/s1. The summed E-state index contributed by atoms with van der Waals surface area (Å²) in [7, 11) is 0. The number of aliphatic hydroxyl groups excluding tert-OH is 8. The summed E-state index contributed by atoms with van der Waals surface area (Å²) < 4.78 is 55.0. The topological polar surface area (TPSA) is 323 Å². The van der Waals surface area contributed by atoms with Crippen LogP contribution < -0.4 is 15.4 Å². The summed E-state index contributed by atoms with van der Waals surface area (Å²) in [6, 6.07) is 6.04. The van der Waals surface area contributed by atoms with Crippen molar-refractivity contribution in [3.05, 3.63) is 47.7 Å². The van der Waals surface area contributed by atoms with Gasteiger partial charge in [-0.25, -0.2) is 0 Å². The average Bonchev–Trinajstić information content (AvgIpc) is 3.35. The minimum atomic E-state index is -1.69. The molecule has 1 aliphatic carbocycles. The Kier molecular flexibility index (Phi) is 20.2. The van der Waals surface area contributed by atoms with Crippen LogP contribution in [0.5, 0.6) is 5.75 Å². The first-order valence-corrected chi connectivity index (χ1v) is 25.4. The van der Waals surface area contributed by atoms with Gasteiger partial charge in [0.05, 0.1) is 44.7 Å². The number of nitrogens with zero attached hydrogens (tertiary/aromatic N) is 1. The number of likely N-dealkylation sites (tertiary alicyclic amines) is 1. The van der Waals surface area contributed by atoms with Crippen molar-refractivity contribution in [3.63, 3.8) is 0 Å². The van der Waals surface area contributed by atoms with Gasteiger partial charge >= 0.3 is 0 Å².